The van der Waals surface area contributed by atoms with Crippen molar-refractivity contribution < 1.29 is 27.8 Å². The monoisotopic (exact) mass is 531 g/mol. The summed E-state index contributed by atoms with van der Waals surface area (Å²) in [5.74, 6) is -1.77. The number of rotatable bonds is 8. The van der Waals surface area contributed by atoms with Crippen molar-refractivity contribution in [2.75, 3.05) is 25.3 Å². The van der Waals surface area contributed by atoms with Crippen molar-refractivity contribution in [2.24, 2.45) is 0 Å². The number of para-hydroxylation sites is 2. The molecule has 0 aliphatic rings. The minimum atomic E-state index is -0.760. The Balaban J connectivity index is 1.54. The van der Waals surface area contributed by atoms with Crippen molar-refractivity contribution in [1.29, 1.82) is 0 Å². The molecule has 0 unspecified atom stereocenters. The van der Waals surface area contributed by atoms with Gasteiger partial charge in [-0.15, -0.1) is 0 Å². The Morgan fingerprint density at radius 2 is 1.54 bits per heavy atom. The lowest BCUT2D eigenvalue weighted by molar-refractivity contribution is 0.0948. The lowest BCUT2D eigenvalue weighted by Gasteiger charge is -2.19. The molecule has 200 valence electrons. The van der Waals surface area contributed by atoms with Crippen LogP contribution in [0.2, 0.25) is 0 Å². The zero-order valence-electron chi connectivity index (χ0n) is 21.6. The summed E-state index contributed by atoms with van der Waals surface area (Å²) in [6.45, 7) is 1.84. The summed E-state index contributed by atoms with van der Waals surface area (Å²) >= 11 is 0. The number of hydrogen-bond donors (Lipinski definition) is 3. The molecular formula is C30H27F2N3O4. The van der Waals surface area contributed by atoms with Gasteiger partial charge in [0.15, 0.2) is 11.5 Å². The molecule has 4 rings (SSSR count). The Labute approximate surface area is 224 Å². The quantitative estimate of drug-likeness (QED) is 0.252. The highest BCUT2D eigenvalue weighted by atomic mass is 19.1. The molecule has 4 aromatic carbocycles. The largest absolute Gasteiger partial charge is 0.493 e. The summed E-state index contributed by atoms with van der Waals surface area (Å²) in [5, 5.41) is 5.61. The van der Waals surface area contributed by atoms with E-state index in [-0.39, 0.29) is 35.1 Å². The number of benzene rings is 4. The minimum Gasteiger partial charge on any atom is -0.493 e. The Morgan fingerprint density at radius 1 is 0.872 bits per heavy atom. The first-order valence-electron chi connectivity index (χ1n) is 12.0. The molecule has 0 aliphatic heterocycles. The van der Waals surface area contributed by atoms with E-state index < -0.39 is 17.5 Å². The lowest BCUT2D eigenvalue weighted by atomic mass is 9.94. The summed E-state index contributed by atoms with van der Waals surface area (Å²) in [6.07, 6.45) is 0. The Morgan fingerprint density at radius 3 is 2.15 bits per heavy atom. The first kappa shape index (κ1) is 27.1. The molecule has 0 fully saturated rings. The second kappa shape index (κ2) is 11.6. The van der Waals surface area contributed by atoms with E-state index in [0.717, 1.165) is 11.6 Å². The average molecular weight is 532 g/mol. The molecule has 7 nitrogen and oxygen atoms in total. The van der Waals surface area contributed by atoms with Crippen LogP contribution in [0.5, 0.6) is 11.5 Å². The molecule has 0 aliphatic carbocycles. The van der Waals surface area contributed by atoms with Crippen LogP contribution in [0.15, 0.2) is 72.8 Å². The highest BCUT2D eigenvalue weighted by Gasteiger charge is 2.23. The summed E-state index contributed by atoms with van der Waals surface area (Å²) in [4.78, 5) is 25.8. The van der Waals surface area contributed by atoms with Gasteiger partial charge < -0.3 is 25.8 Å². The third kappa shape index (κ3) is 5.98. The predicted molar refractivity (Wildman–Crippen MR) is 146 cm³/mol. The van der Waals surface area contributed by atoms with E-state index in [2.05, 4.69) is 10.6 Å². The number of methoxy groups -OCH3 is 2. The maximum atomic E-state index is 14.0. The molecule has 39 heavy (non-hydrogen) atoms. The summed E-state index contributed by atoms with van der Waals surface area (Å²) in [6, 6.07) is 18.3. The van der Waals surface area contributed by atoms with Crippen LogP contribution in [0.3, 0.4) is 0 Å². The zero-order chi connectivity index (χ0) is 28.1. The van der Waals surface area contributed by atoms with Gasteiger partial charge in [-0.1, -0.05) is 24.3 Å². The maximum absolute atomic E-state index is 14.0. The van der Waals surface area contributed by atoms with E-state index >= 15 is 0 Å². The summed E-state index contributed by atoms with van der Waals surface area (Å²) < 4.78 is 38.9. The SMILES string of the molecule is COc1cc(C(=O)NCc2ccc(C(=O)Nc3ccccc3N)cc2)c(C)c(-c2cc(F)cc(F)c2)c1OC. The van der Waals surface area contributed by atoms with Crippen LogP contribution in [0.4, 0.5) is 20.2 Å². The van der Waals surface area contributed by atoms with E-state index in [1.807, 2.05) is 0 Å². The van der Waals surface area contributed by atoms with Gasteiger partial charge in [0.25, 0.3) is 11.8 Å². The summed E-state index contributed by atoms with van der Waals surface area (Å²) in [5.41, 5.74) is 9.31. The molecule has 0 aromatic heterocycles. The van der Waals surface area contributed by atoms with Crippen molar-refractivity contribution >= 4 is 23.2 Å². The average Bonchev–Trinajstić information content (AvgIpc) is 2.92. The first-order valence-corrected chi connectivity index (χ1v) is 12.0. The number of anilines is 2. The van der Waals surface area contributed by atoms with Crippen LogP contribution < -0.4 is 25.8 Å². The Bertz CT molecular complexity index is 1520. The summed E-state index contributed by atoms with van der Waals surface area (Å²) in [7, 11) is 2.82. The van der Waals surface area contributed by atoms with Crippen LogP contribution >= 0.6 is 0 Å². The number of hydrogen-bond acceptors (Lipinski definition) is 5. The molecule has 2 amide bonds. The van der Waals surface area contributed by atoms with Crippen LogP contribution in [0.25, 0.3) is 11.1 Å². The van der Waals surface area contributed by atoms with Crippen molar-refractivity contribution in [3.63, 3.8) is 0 Å². The second-order valence-electron chi connectivity index (χ2n) is 8.74. The van der Waals surface area contributed by atoms with Crippen molar-refractivity contribution in [3.05, 3.63) is 107 Å². The molecular weight excluding hydrogens is 504 g/mol. The number of ether oxygens (including phenoxy) is 2. The molecule has 4 N–H and O–H groups in total. The van der Waals surface area contributed by atoms with Gasteiger partial charge in [0.05, 0.1) is 25.6 Å². The van der Waals surface area contributed by atoms with Gasteiger partial charge in [-0.3, -0.25) is 9.59 Å². The highest BCUT2D eigenvalue weighted by molar-refractivity contribution is 6.05. The number of nitrogen functional groups attached to an aromatic ring is 1. The molecule has 0 saturated carbocycles. The maximum Gasteiger partial charge on any atom is 0.255 e. The topological polar surface area (TPSA) is 103 Å². The number of carbonyl (C=O) groups excluding carboxylic acids is 2. The third-order valence-corrected chi connectivity index (χ3v) is 6.20. The molecule has 0 bridgehead atoms. The standard InChI is InChI=1S/C30H27F2N3O4/c1-17-23(15-26(38-2)28(39-3)27(17)20-12-21(31)14-22(32)13-20)30(37)34-16-18-8-10-19(11-9-18)29(36)35-25-7-5-4-6-24(25)33/h4-15H,16,33H2,1-3H3,(H,34,37)(H,35,36). The van der Waals surface area contributed by atoms with E-state index in [4.69, 9.17) is 15.2 Å². The molecule has 0 heterocycles. The molecule has 0 saturated heterocycles. The van der Waals surface area contributed by atoms with Gasteiger partial charge in [0.1, 0.15) is 11.6 Å². The molecule has 4 aromatic rings. The van der Waals surface area contributed by atoms with Crippen LogP contribution in [0, 0.1) is 18.6 Å². The van der Waals surface area contributed by atoms with E-state index in [0.29, 0.717) is 28.1 Å². The van der Waals surface area contributed by atoms with E-state index in [9.17, 15) is 18.4 Å². The van der Waals surface area contributed by atoms with Crippen molar-refractivity contribution in [2.45, 2.75) is 13.5 Å². The van der Waals surface area contributed by atoms with Crippen LogP contribution in [0.1, 0.15) is 31.8 Å². The van der Waals surface area contributed by atoms with Gasteiger partial charge in [-0.05, 0) is 66.1 Å². The van der Waals surface area contributed by atoms with Gasteiger partial charge in [0.2, 0.25) is 0 Å². The zero-order valence-corrected chi connectivity index (χ0v) is 21.6. The van der Waals surface area contributed by atoms with Crippen molar-refractivity contribution in [1.82, 2.24) is 5.32 Å². The Kier molecular flexibility index (Phi) is 8.10. The predicted octanol–water partition coefficient (Wildman–Crippen LogP) is 5.72. The molecule has 0 atom stereocenters. The minimum absolute atomic E-state index is 0.171. The molecule has 9 heteroatoms. The van der Waals surface area contributed by atoms with Gasteiger partial charge >= 0.3 is 0 Å². The number of nitrogens with one attached hydrogen (secondary N) is 2. The molecule has 0 radical (unpaired) electrons. The van der Waals surface area contributed by atoms with E-state index in [1.54, 1.807) is 55.5 Å². The molecule has 0 spiro atoms. The number of halogens is 2. The van der Waals surface area contributed by atoms with Gasteiger partial charge in [0, 0.05) is 29.3 Å². The normalized spacial score (nSPS) is 10.6. The Hall–Kier alpha value is -4.92. The number of amides is 2. The fourth-order valence-electron chi connectivity index (χ4n) is 4.23. The van der Waals surface area contributed by atoms with Gasteiger partial charge in [-0.25, -0.2) is 8.78 Å². The van der Waals surface area contributed by atoms with Gasteiger partial charge in [-0.2, -0.15) is 0 Å². The first-order chi connectivity index (χ1) is 18.7. The smallest absolute Gasteiger partial charge is 0.255 e. The third-order valence-electron chi connectivity index (χ3n) is 6.20. The fraction of sp³-hybridized carbons (Fsp3) is 0.133. The lowest BCUT2D eigenvalue weighted by Crippen LogP contribution is -2.24. The van der Waals surface area contributed by atoms with Crippen molar-refractivity contribution in [3.8, 4) is 22.6 Å². The number of carbonyl (C=O) groups is 2. The second-order valence-corrected chi connectivity index (χ2v) is 8.74. The fourth-order valence-corrected chi connectivity index (χ4v) is 4.23. The highest BCUT2D eigenvalue weighted by Crippen LogP contribution is 2.42. The number of nitrogens with two attached hydrogens (primary N) is 1. The van der Waals surface area contributed by atoms with Crippen LogP contribution in [-0.2, 0) is 6.54 Å². The van der Waals surface area contributed by atoms with E-state index in [1.165, 1.54) is 32.4 Å². The van der Waals surface area contributed by atoms with Crippen LogP contribution in [-0.4, -0.2) is 26.0 Å².